The van der Waals surface area contributed by atoms with Crippen LogP contribution in [0.3, 0.4) is 0 Å². The summed E-state index contributed by atoms with van der Waals surface area (Å²) in [4.78, 5) is 28.9. The number of furan rings is 1. The molecular formula is C27H27FN2O5. The summed E-state index contributed by atoms with van der Waals surface area (Å²) in [6, 6.07) is 14.8. The average Bonchev–Trinajstić information content (AvgIpc) is 3.42. The van der Waals surface area contributed by atoms with Gasteiger partial charge in [0.15, 0.2) is 17.5 Å². The zero-order chi connectivity index (χ0) is 24.2. The largest absolute Gasteiger partial charge is 0.485 e. The third-order valence-electron chi connectivity index (χ3n) is 6.40. The highest BCUT2D eigenvalue weighted by atomic mass is 19.1. The van der Waals surface area contributed by atoms with Crippen LogP contribution < -0.4 is 19.7 Å². The Morgan fingerprint density at radius 2 is 1.69 bits per heavy atom. The number of amides is 2. The summed E-state index contributed by atoms with van der Waals surface area (Å²) in [5, 5.41) is 3.10. The van der Waals surface area contributed by atoms with E-state index in [0.717, 1.165) is 32.1 Å². The number of carbonyl (C=O) groups is 2. The molecule has 0 radical (unpaired) electrons. The Labute approximate surface area is 202 Å². The summed E-state index contributed by atoms with van der Waals surface area (Å²) in [6.45, 7) is -0.0251. The highest BCUT2D eigenvalue weighted by Crippen LogP contribution is 2.34. The molecule has 2 atom stereocenters. The first kappa shape index (κ1) is 23.0. The van der Waals surface area contributed by atoms with Gasteiger partial charge in [0.05, 0.1) is 6.26 Å². The lowest BCUT2D eigenvalue weighted by atomic mass is 9.95. The molecule has 1 aliphatic heterocycles. The van der Waals surface area contributed by atoms with Gasteiger partial charge in [-0.1, -0.05) is 31.4 Å². The minimum atomic E-state index is -1.11. The van der Waals surface area contributed by atoms with E-state index in [2.05, 4.69) is 5.32 Å². The van der Waals surface area contributed by atoms with Gasteiger partial charge in [-0.2, -0.15) is 0 Å². The standard InChI is InChI=1S/C27H27FN2O5/c28-18-12-14-20(15-13-18)30(27(32)24-17-34-21-9-4-5-10-22(21)35-24)25(23-11-6-16-33-23)26(31)29-19-7-2-1-3-8-19/h4-6,9-16,19,24-25H,1-3,7-8,17H2,(H,29,31)/t24-,25+/m1/s1. The van der Waals surface area contributed by atoms with Crippen LogP contribution in [0.5, 0.6) is 11.5 Å². The molecule has 182 valence electrons. The molecule has 1 aliphatic carbocycles. The molecule has 1 N–H and O–H groups in total. The van der Waals surface area contributed by atoms with Gasteiger partial charge in [-0.3, -0.25) is 14.5 Å². The second-order valence-electron chi connectivity index (χ2n) is 8.81. The number of nitrogens with zero attached hydrogens (tertiary/aromatic N) is 1. The number of ether oxygens (including phenoxy) is 2. The second kappa shape index (κ2) is 10.2. The Morgan fingerprint density at radius 1 is 0.943 bits per heavy atom. The van der Waals surface area contributed by atoms with Crippen LogP contribution >= 0.6 is 0 Å². The monoisotopic (exact) mass is 478 g/mol. The van der Waals surface area contributed by atoms with E-state index in [4.69, 9.17) is 13.9 Å². The molecule has 2 heterocycles. The molecule has 3 aromatic rings. The lowest BCUT2D eigenvalue weighted by Gasteiger charge is -2.35. The van der Waals surface area contributed by atoms with E-state index in [1.807, 2.05) is 6.07 Å². The predicted octanol–water partition coefficient (Wildman–Crippen LogP) is 4.78. The quantitative estimate of drug-likeness (QED) is 0.551. The highest BCUT2D eigenvalue weighted by Gasteiger charge is 2.41. The molecule has 7 nitrogen and oxygen atoms in total. The van der Waals surface area contributed by atoms with Gasteiger partial charge >= 0.3 is 0 Å². The van der Waals surface area contributed by atoms with Gasteiger partial charge in [-0.05, 0) is 61.4 Å². The lowest BCUT2D eigenvalue weighted by Crippen LogP contribution is -2.52. The lowest BCUT2D eigenvalue weighted by molar-refractivity contribution is -0.132. The van der Waals surface area contributed by atoms with E-state index < -0.39 is 23.9 Å². The molecule has 0 spiro atoms. The second-order valence-corrected chi connectivity index (χ2v) is 8.81. The normalized spacial score (nSPS) is 18.5. The van der Waals surface area contributed by atoms with Crippen LogP contribution in [-0.4, -0.2) is 30.6 Å². The maximum Gasteiger partial charge on any atom is 0.272 e. The Morgan fingerprint density at radius 3 is 2.40 bits per heavy atom. The third-order valence-corrected chi connectivity index (χ3v) is 6.40. The molecule has 1 fully saturated rings. The van der Waals surface area contributed by atoms with Crippen molar-refractivity contribution in [3.05, 3.63) is 78.5 Å². The van der Waals surface area contributed by atoms with Gasteiger partial charge in [-0.25, -0.2) is 4.39 Å². The van der Waals surface area contributed by atoms with Crippen molar-refractivity contribution >= 4 is 17.5 Å². The van der Waals surface area contributed by atoms with Gasteiger partial charge in [0.1, 0.15) is 18.2 Å². The molecule has 2 amide bonds. The molecule has 0 bridgehead atoms. The van der Waals surface area contributed by atoms with Gasteiger partial charge in [0.25, 0.3) is 11.8 Å². The molecule has 1 saturated carbocycles. The van der Waals surface area contributed by atoms with Crippen molar-refractivity contribution < 1.29 is 27.9 Å². The number of hydrogen-bond donors (Lipinski definition) is 1. The minimum Gasteiger partial charge on any atom is -0.485 e. The van der Waals surface area contributed by atoms with Gasteiger partial charge in [0, 0.05) is 11.7 Å². The summed E-state index contributed by atoms with van der Waals surface area (Å²) in [5.41, 5.74) is 0.346. The average molecular weight is 479 g/mol. The Hall–Kier alpha value is -3.81. The molecule has 0 unspecified atom stereocenters. The Bertz CT molecular complexity index is 1160. The topological polar surface area (TPSA) is 81.0 Å². The first-order valence-corrected chi connectivity index (χ1v) is 11.9. The van der Waals surface area contributed by atoms with Crippen LogP contribution in [0.2, 0.25) is 0 Å². The molecule has 0 saturated heterocycles. The Kier molecular flexibility index (Phi) is 6.70. The van der Waals surface area contributed by atoms with E-state index in [-0.39, 0.29) is 18.6 Å². The number of fused-ring (bicyclic) bond motifs is 1. The molecule has 5 rings (SSSR count). The third kappa shape index (κ3) is 5.01. The fraction of sp³-hybridized carbons (Fsp3) is 0.333. The zero-order valence-corrected chi connectivity index (χ0v) is 19.2. The fourth-order valence-electron chi connectivity index (χ4n) is 4.65. The van der Waals surface area contributed by atoms with Gasteiger partial charge < -0.3 is 19.2 Å². The van der Waals surface area contributed by atoms with Crippen LogP contribution in [0.1, 0.15) is 43.9 Å². The van der Waals surface area contributed by atoms with E-state index in [1.54, 1.807) is 30.3 Å². The predicted molar refractivity (Wildman–Crippen MR) is 127 cm³/mol. The fourth-order valence-corrected chi connectivity index (χ4v) is 4.65. The van der Waals surface area contributed by atoms with E-state index in [9.17, 15) is 14.0 Å². The summed E-state index contributed by atoms with van der Waals surface area (Å²) < 4.78 is 31.1. The summed E-state index contributed by atoms with van der Waals surface area (Å²) in [7, 11) is 0. The number of para-hydroxylation sites is 2. The van der Waals surface area contributed by atoms with E-state index in [0.29, 0.717) is 22.9 Å². The van der Waals surface area contributed by atoms with Crippen LogP contribution in [0, 0.1) is 5.82 Å². The SMILES string of the molecule is O=C(NC1CCCCC1)[C@H](c1ccco1)N(C(=O)[C@H]1COc2ccccc2O1)c1ccc(F)cc1. The molecule has 2 aliphatic rings. The Balaban J connectivity index is 1.50. The molecule has 1 aromatic heterocycles. The molecular weight excluding hydrogens is 451 g/mol. The van der Waals surface area contributed by atoms with Crippen molar-refractivity contribution in [2.24, 2.45) is 0 Å². The molecule has 35 heavy (non-hydrogen) atoms. The number of rotatable bonds is 6. The van der Waals surface area contributed by atoms with Gasteiger partial charge in [-0.15, -0.1) is 0 Å². The van der Waals surface area contributed by atoms with Crippen LogP contribution in [-0.2, 0) is 9.59 Å². The minimum absolute atomic E-state index is 0.0251. The summed E-state index contributed by atoms with van der Waals surface area (Å²) in [6.07, 6.45) is 5.46. The molecule has 8 heteroatoms. The number of hydrogen-bond acceptors (Lipinski definition) is 5. The van der Waals surface area contributed by atoms with Crippen LogP contribution in [0.15, 0.2) is 71.3 Å². The first-order valence-electron chi connectivity index (χ1n) is 11.9. The molecule has 2 aromatic carbocycles. The van der Waals surface area contributed by atoms with E-state index in [1.165, 1.54) is 35.4 Å². The van der Waals surface area contributed by atoms with E-state index >= 15 is 0 Å². The van der Waals surface area contributed by atoms with Gasteiger partial charge in [0.2, 0.25) is 6.10 Å². The number of carbonyl (C=O) groups excluding carboxylic acids is 2. The van der Waals surface area contributed by atoms with Crippen molar-refractivity contribution in [2.75, 3.05) is 11.5 Å². The zero-order valence-electron chi connectivity index (χ0n) is 19.2. The van der Waals surface area contributed by atoms with Crippen molar-refractivity contribution in [2.45, 2.75) is 50.3 Å². The number of halogens is 1. The van der Waals surface area contributed by atoms with Crippen molar-refractivity contribution in [3.63, 3.8) is 0 Å². The highest BCUT2D eigenvalue weighted by molar-refractivity contribution is 6.03. The maximum absolute atomic E-state index is 13.9. The maximum atomic E-state index is 13.9. The smallest absolute Gasteiger partial charge is 0.272 e. The number of anilines is 1. The van der Waals surface area contributed by atoms with Crippen molar-refractivity contribution in [1.29, 1.82) is 0 Å². The van der Waals surface area contributed by atoms with Crippen molar-refractivity contribution in [1.82, 2.24) is 5.32 Å². The number of nitrogens with one attached hydrogen (secondary N) is 1. The van der Waals surface area contributed by atoms with Crippen LogP contribution in [0.4, 0.5) is 10.1 Å². The first-order chi connectivity index (χ1) is 17.1. The number of benzene rings is 2. The summed E-state index contributed by atoms with van der Waals surface area (Å²) >= 11 is 0. The van der Waals surface area contributed by atoms with Crippen molar-refractivity contribution in [3.8, 4) is 11.5 Å². The summed E-state index contributed by atoms with van der Waals surface area (Å²) in [5.74, 6) is -0.0190. The van der Waals surface area contributed by atoms with Crippen LogP contribution in [0.25, 0.3) is 0 Å².